The maximum Gasteiger partial charge on any atom is 0.263 e. The van der Waals surface area contributed by atoms with Crippen molar-refractivity contribution in [2.45, 2.75) is 32.1 Å². The first-order valence-electron chi connectivity index (χ1n) is 8.52. The maximum absolute atomic E-state index is 12.7. The summed E-state index contributed by atoms with van der Waals surface area (Å²) in [4.78, 5) is 2.40. The Bertz CT molecular complexity index is 825. The van der Waals surface area contributed by atoms with Crippen LogP contribution in [0.25, 0.3) is 0 Å². The molecule has 1 aromatic carbocycles. The van der Waals surface area contributed by atoms with Gasteiger partial charge < -0.3 is 10.2 Å². The number of rotatable bonds is 8. The molecule has 2 N–H and O–H groups in total. The van der Waals surface area contributed by atoms with E-state index in [1.807, 2.05) is 33.2 Å². The third-order valence-electron chi connectivity index (χ3n) is 3.87. The fourth-order valence-electron chi connectivity index (χ4n) is 2.87. The zero-order chi connectivity index (χ0) is 19.3. The number of hydrogen-bond acceptors (Lipinski definition) is 6. The van der Waals surface area contributed by atoms with Crippen molar-refractivity contribution in [3.8, 4) is 0 Å². The summed E-state index contributed by atoms with van der Waals surface area (Å²) < 4.78 is 27.9. The lowest BCUT2D eigenvalue weighted by Crippen LogP contribution is -2.18. The van der Waals surface area contributed by atoms with Gasteiger partial charge in [-0.15, -0.1) is 10.2 Å². The first-order chi connectivity index (χ1) is 12.2. The Kier molecular flexibility index (Phi) is 6.55. The van der Waals surface area contributed by atoms with Crippen LogP contribution in [0.5, 0.6) is 0 Å². The van der Waals surface area contributed by atoms with E-state index < -0.39 is 10.0 Å². The van der Waals surface area contributed by atoms with Crippen LogP contribution in [0.1, 0.15) is 23.1 Å². The Hall–Kier alpha value is -2.19. The fraction of sp³-hybridized carbons (Fsp3) is 0.444. The minimum absolute atomic E-state index is 0.197. The van der Waals surface area contributed by atoms with E-state index in [9.17, 15) is 8.42 Å². The summed E-state index contributed by atoms with van der Waals surface area (Å²) in [6.45, 7) is 7.29. The summed E-state index contributed by atoms with van der Waals surface area (Å²) >= 11 is 0. The summed E-state index contributed by atoms with van der Waals surface area (Å²) in [6.07, 6.45) is 0.981. The van der Waals surface area contributed by atoms with Gasteiger partial charge in [0.1, 0.15) is 5.82 Å². The predicted octanol–water partition coefficient (Wildman–Crippen LogP) is 2.57. The third-order valence-corrected chi connectivity index (χ3v) is 5.52. The SMILES string of the molecule is Cc1cc(C)c(S(=O)(=O)Nc2ccc(NCCCN(C)C)nn2)c(C)c1. The van der Waals surface area contributed by atoms with Crippen LogP contribution in [0.2, 0.25) is 0 Å². The molecule has 8 heteroatoms. The van der Waals surface area contributed by atoms with Crippen LogP contribution in [-0.4, -0.2) is 50.7 Å². The van der Waals surface area contributed by atoms with Gasteiger partial charge in [0.25, 0.3) is 10.0 Å². The van der Waals surface area contributed by atoms with E-state index in [0.29, 0.717) is 16.9 Å². The number of aromatic nitrogens is 2. The van der Waals surface area contributed by atoms with Crippen LogP contribution in [0, 0.1) is 20.8 Å². The Balaban J connectivity index is 2.06. The van der Waals surface area contributed by atoms with Gasteiger partial charge in [-0.1, -0.05) is 17.7 Å². The van der Waals surface area contributed by atoms with Crippen LogP contribution < -0.4 is 10.0 Å². The fourth-order valence-corrected chi connectivity index (χ4v) is 4.32. The van der Waals surface area contributed by atoms with Gasteiger partial charge in [0.15, 0.2) is 5.82 Å². The molecule has 0 fully saturated rings. The van der Waals surface area contributed by atoms with Crippen molar-refractivity contribution < 1.29 is 8.42 Å². The van der Waals surface area contributed by atoms with Crippen molar-refractivity contribution >= 4 is 21.7 Å². The van der Waals surface area contributed by atoms with E-state index >= 15 is 0 Å². The molecule has 26 heavy (non-hydrogen) atoms. The van der Waals surface area contributed by atoms with Crippen molar-refractivity contribution in [2.24, 2.45) is 0 Å². The molecule has 0 spiro atoms. The largest absolute Gasteiger partial charge is 0.369 e. The number of sulfonamides is 1. The zero-order valence-electron chi connectivity index (χ0n) is 16.0. The molecule has 142 valence electrons. The first-order valence-corrected chi connectivity index (χ1v) is 10.0. The number of hydrogen-bond donors (Lipinski definition) is 2. The van der Waals surface area contributed by atoms with Gasteiger partial charge in [0.05, 0.1) is 4.90 Å². The summed E-state index contributed by atoms with van der Waals surface area (Å²) in [5, 5.41) is 11.2. The molecule has 0 aliphatic rings. The average molecular weight is 378 g/mol. The van der Waals surface area contributed by atoms with Crippen LogP contribution >= 0.6 is 0 Å². The highest BCUT2D eigenvalue weighted by atomic mass is 32.2. The maximum atomic E-state index is 12.7. The zero-order valence-corrected chi connectivity index (χ0v) is 16.8. The minimum Gasteiger partial charge on any atom is -0.369 e. The van der Waals surface area contributed by atoms with E-state index in [1.165, 1.54) is 0 Å². The standard InChI is InChI=1S/C18H27N5O2S/c1-13-11-14(2)18(15(3)12-13)26(24,25)22-17-8-7-16(20-21-17)19-9-6-10-23(4)5/h7-8,11-12H,6,9-10H2,1-5H3,(H,19,20)(H,21,22). The number of anilines is 2. The Morgan fingerprint density at radius 1 is 1.00 bits per heavy atom. The highest BCUT2D eigenvalue weighted by Gasteiger charge is 2.20. The van der Waals surface area contributed by atoms with E-state index in [1.54, 1.807) is 26.0 Å². The van der Waals surface area contributed by atoms with Gasteiger partial charge in [-0.3, -0.25) is 4.72 Å². The topological polar surface area (TPSA) is 87.2 Å². The summed E-state index contributed by atoms with van der Waals surface area (Å²) in [7, 11) is 0.339. The lowest BCUT2D eigenvalue weighted by Gasteiger charge is -2.13. The number of benzene rings is 1. The molecule has 0 bridgehead atoms. The highest BCUT2D eigenvalue weighted by Crippen LogP contribution is 2.23. The molecular formula is C18H27N5O2S. The van der Waals surface area contributed by atoms with Gasteiger partial charge in [0.2, 0.25) is 0 Å². The van der Waals surface area contributed by atoms with E-state index in [4.69, 9.17) is 0 Å². The lowest BCUT2D eigenvalue weighted by molar-refractivity contribution is 0.405. The number of nitrogens with zero attached hydrogens (tertiary/aromatic N) is 3. The quantitative estimate of drug-likeness (QED) is 0.688. The van der Waals surface area contributed by atoms with Crippen molar-refractivity contribution in [3.63, 3.8) is 0 Å². The predicted molar refractivity (Wildman–Crippen MR) is 105 cm³/mol. The van der Waals surface area contributed by atoms with E-state index in [-0.39, 0.29) is 10.7 Å². The number of aryl methyl sites for hydroxylation is 3. The second-order valence-corrected chi connectivity index (χ2v) is 8.34. The van der Waals surface area contributed by atoms with Crippen molar-refractivity contribution in [3.05, 3.63) is 41.0 Å². The molecule has 7 nitrogen and oxygen atoms in total. The smallest absolute Gasteiger partial charge is 0.263 e. The molecule has 2 rings (SSSR count). The highest BCUT2D eigenvalue weighted by molar-refractivity contribution is 7.92. The average Bonchev–Trinajstić information content (AvgIpc) is 2.51. The van der Waals surface area contributed by atoms with Crippen LogP contribution in [0.4, 0.5) is 11.6 Å². The minimum atomic E-state index is -3.71. The lowest BCUT2D eigenvalue weighted by atomic mass is 10.1. The monoisotopic (exact) mass is 377 g/mol. The second-order valence-electron chi connectivity index (χ2n) is 6.72. The third kappa shape index (κ3) is 5.40. The molecule has 2 aromatic rings. The van der Waals surface area contributed by atoms with Gasteiger partial charge in [-0.25, -0.2) is 8.42 Å². The molecular weight excluding hydrogens is 350 g/mol. The first kappa shape index (κ1) is 20.1. The molecule has 1 heterocycles. The van der Waals surface area contributed by atoms with Crippen LogP contribution in [0.3, 0.4) is 0 Å². The van der Waals surface area contributed by atoms with Gasteiger partial charge in [0, 0.05) is 6.54 Å². The van der Waals surface area contributed by atoms with Crippen molar-refractivity contribution in [1.29, 1.82) is 0 Å². The molecule has 0 aliphatic heterocycles. The Morgan fingerprint density at radius 3 is 2.12 bits per heavy atom. The normalized spacial score (nSPS) is 11.6. The molecule has 0 aliphatic carbocycles. The van der Waals surface area contributed by atoms with E-state index in [0.717, 1.165) is 25.1 Å². The molecule has 0 radical (unpaired) electrons. The summed E-state index contributed by atoms with van der Waals surface area (Å²) in [5.41, 5.74) is 2.45. The van der Waals surface area contributed by atoms with Gasteiger partial charge >= 0.3 is 0 Å². The van der Waals surface area contributed by atoms with Crippen LogP contribution in [0.15, 0.2) is 29.2 Å². The molecule has 0 atom stereocenters. The summed E-state index contributed by atoms with van der Waals surface area (Å²) in [6, 6.07) is 7.04. The molecule has 0 saturated carbocycles. The van der Waals surface area contributed by atoms with E-state index in [2.05, 4.69) is 25.1 Å². The summed E-state index contributed by atoms with van der Waals surface area (Å²) in [5.74, 6) is 0.817. The van der Waals surface area contributed by atoms with Gasteiger partial charge in [-0.05, 0) is 71.1 Å². The number of nitrogens with one attached hydrogen (secondary N) is 2. The van der Waals surface area contributed by atoms with Crippen LogP contribution in [-0.2, 0) is 10.0 Å². The Labute approximate surface area is 155 Å². The van der Waals surface area contributed by atoms with Gasteiger partial charge in [-0.2, -0.15) is 0 Å². The molecule has 0 amide bonds. The molecule has 1 aromatic heterocycles. The van der Waals surface area contributed by atoms with Crippen molar-refractivity contribution in [1.82, 2.24) is 15.1 Å². The molecule has 0 saturated heterocycles. The Morgan fingerprint density at radius 2 is 1.58 bits per heavy atom. The second kappa shape index (κ2) is 8.46. The van der Waals surface area contributed by atoms with Crippen molar-refractivity contribution in [2.75, 3.05) is 37.2 Å². The molecule has 0 unspecified atom stereocenters.